The van der Waals surface area contributed by atoms with Gasteiger partial charge in [-0.2, -0.15) is 0 Å². The van der Waals surface area contributed by atoms with Gasteiger partial charge in [-0.15, -0.1) is 11.8 Å². The molecule has 0 saturated carbocycles. The number of benzene rings is 3. The van der Waals surface area contributed by atoms with Gasteiger partial charge in [-0.05, 0) is 85.0 Å². The second kappa shape index (κ2) is 11.8. The van der Waals surface area contributed by atoms with E-state index in [9.17, 15) is 4.79 Å². The van der Waals surface area contributed by atoms with Gasteiger partial charge in [0.1, 0.15) is 11.5 Å². The van der Waals surface area contributed by atoms with Crippen LogP contribution < -0.4 is 14.8 Å². The lowest BCUT2D eigenvalue weighted by Crippen LogP contribution is -2.27. The molecule has 1 atom stereocenters. The highest BCUT2D eigenvalue weighted by molar-refractivity contribution is 7.99. The van der Waals surface area contributed by atoms with Crippen LogP contribution in [0.15, 0.2) is 71.6 Å². The molecular formula is C28H33NO3S. The van der Waals surface area contributed by atoms with Crippen LogP contribution in [-0.2, 0) is 0 Å². The fraction of sp³-hybridized carbons (Fsp3) is 0.321. The van der Waals surface area contributed by atoms with Crippen LogP contribution in [0.4, 0.5) is 0 Å². The first kappa shape index (κ1) is 24.7. The molecule has 0 saturated heterocycles. The highest BCUT2D eigenvalue weighted by Gasteiger charge is 2.17. The SMILES string of the molecule is COc1cc(C)c([C@@H](C)NC(=O)c2ccc(OCCSc3ccccc3)cc2)cc1C(C)C. The number of rotatable bonds is 10. The first-order valence-corrected chi connectivity index (χ1v) is 12.3. The molecule has 4 nitrogen and oxygen atoms in total. The summed E-state index contributed by atoms with van der Waals surface area (Å²) >= 11 is 1.76. The summed E-state index contributed by atoms with van der Waals surface area (Å²) in [4.78, 5) is 14.1. The average molecular weight is 464 g/mol. The van der Waals surface area contributed by atoms with Gasteiger partial charge in [0.25, 0.3) is 5.91 Å². The van der Waals surface area contributed by atoms with Crippen molar-refractivity contribution in [2.24, 2.45) is 0 Å². The van der Waals surface area contributed by atoms with Gasteiger partial charge in [0, 0.05) is 16.2 Å². The number of methoxy groups -OCH3 is 1. The lowest BCUT2D eigenvalue weighted by molar-refractivity contribution is 0.0940. The molecule has 3 aromatic rings. The zero-order chi connectivity index (χ0) is 23.8. The standard InChI is InChI=1S/C28H33NO3S/c1-19(2)25-18-26(20(3)17-27(25)31-5)21(4)29-28(30)22-11-13-23(14-12-22)32-15-16-33-24-9-7-6-8-10-24/h6-14,17-19,21H,15-16H2,1-5H3,(H,29,30)/t21-/m1/s1. The number of carbonyl (C=O) groups excluding carboxylic acids is 1. The minimum Gasteiger partial charge on any atom is -0.496 e. The Labute approximate surface area is 201 Å². The van der Waals surface area contributed by atoms with E-state index in [-0.39, 0.29) is 11.9 Å². The van der Waals surface area contributed by atoms with E-state index in [1.165, 1.54) is 4.90 Å². The molecular weight excluding hydrogens is 430 g/mol. The van der Waals surface area contributed by atoms with Crippen LogP contribution in [0.25, 0.3) is 0 Å². The Morgan fingerprint density at radius 3 is 2.30 bits per heavy atom. The molecule has 1 N–H and O–H groups in total. The van der Waals surface area contributed by atoms with E-state index in [4.69, 9.17) is 9.47 Å². The Hall–Kier alpha value is -2.92. The van der Waals surface area contributed by atoms with Gasteiger partial charge >= 0.3 is 0 Å². The van der Waals surface area contributed by atoms with Crippen LogP contribution in [0.2, 0.25) is 0 Å². The molecule has 33 heavy (non-hydrogen) atoms. The summed E-state index contributed by atoms with van der Waals surface area (Å²) in [6, 6.07) is 21.7. The summed E-state index contributed by atoms with van der Waals surface area (Å²) in [6.45, 7) is 8.96. The molecule has 0 heterocycles. The average Bonchev–Trinajstić information content (AvgIpc) is 2.82. The predicted octanol–water partition coefficient (Wildman–Crippen LogP) is 6.79. The normalized spacial score (nSPS) is 11.8. The summed E-state index contributed by atoms with van der Waals surface area (Å²) in [5, 5.41) is 3.12. The third-order valence-electron chi connectivity index (χ3n) is 5.53. The largest absolute Gasteiger partial charge is 0.496 e. The number of aryl methyl sites for hydroxylation is 1. The van der Waals surface area contributed by atoms with Crippen molar-refractivity contribution in [1.29, 1.82) is 0 Å². The molecule has 3 rings (SSSR count). The first-order valence-electron chi connectivity index (χ1n) is 11.3. The second-order valence-corrected chi connectivity index (χ2v) is 9.50. The van der Waals surface area contributed by atoms with E-state index in [0.717, 1.165) is 33.9 Å². The van der Waals surface area contributed by atoms with Crippen molar-refractivity contribution >= 4 is 17.7 Å². The Kier molecular flexibility index (Phi) is 8.84. The number of thioether (sulfide) groups is 1. The maximum Gasteiger partial charge on any atom is 0.251 e. The van der Waals surface area contributed by atoms with Crippen LogP contribution in [0, 0.1) is 6.92 Å². The van der Waals surface area contributed by atoms with Gasteiger partial charge < -0.3 is 14.8 Å². The smallest absolute Gasteiger partial charge is 0.251 e. The topological polar surface area (TPSA) is 47.6 Å². The minimum absolute atomic E-state index is 0.102. The monoisotopic (exact) mass is 463 g/mol. The van der Waals surface area contributed by atoms with Crippen molar-refractivity contribution in [2.45, 2.75) is 44.6 Å². The quantitative estimate of drug-likeness (QED) is 0.266. The molecule has 0 unspecified atom stereocenters. The summed E-state index contributed by atoms with van der Waals surface area (Å²) in [6.07, 6.45) is 0. The fourth-order valence-electron chi connectivity index (χ4n) is 3.71. The van der Waals surface area contributed by atoms with Crippen LogP contribution in [0.3, 0.4) is 0 Å². The van der Waals surface area contributed by atoms with Gasteiger partial charge in [-0.25, -0.2) is 0 Å². The Bertz CT molecular complexity index is 1050. The van der Waals surface area contributed by atoms with Crippen LogP contribution in [-0.4, -0.2) is 25.4 Å². The molecule has 0 spiro atoms. The molecule has 3 aromatic carbocycles. The van der Waals surface area contributed by atoms with E-state index in [1.807, 2.05) is 56.3 Å². The molecule has 0 radical (unpaired) electrons. The molecule has 5 heteroatoms. The molecule has 0 aromatic heterocycles. The number of carbonyl (C=O) groups is 1. The lowest BCUT2D eigenvalue weighted by atomic mass is 9.93. The summed E-state index contributed by atoms with van der Waals surface area (Å²) in [7, 11) is 1.70. The van der Waals surface area contributed by atoms with Gasteiger partial charge in [-0.1, -0.05) is 32.0 Å². The highest BCUT2D eigenvalue weighted by atomic mass is 32.2. The van der Waals surface area contributed by atoms with E-state index >= 15 is 0 Å². The van der Waals surface area contributed by atoms with Crippen molar-refractivity contribution in [3.63, 3.8) is 0 Å². The molecule has 0 aliphatic carbocycles. The fourth-order valence-corrected chi connectivity index (χ4v) is 4.46. The van der Waals surface area contributed by atoms with Crippen molar-refractivity contribution in [2.75, 3.05) is 19.5 Å². The summed E-state index contributed by atoms with van der Waals surface area (Å²) in [5.41, 5.74) is 3.96. The van der Waals surface area contributed by atoms with Gasteiger partial charge in [0.2, 0.25) is 0 Å². The molecule has 1 amide bonds. The first-order chi connectivity index (χ1) is 15.9. The van der Waals surface area contributed by atoms with Crippen LogP contribution >= 0.6 is 11.8 Å². The molecule has 174 valence electrons. The van der Waals surface area contributed by atoms with E-state index in [0.29, 0.717) is 18.1 Å². The number of hydrogen-bond acceptors (Lipinski definition) is 4. The van der Waals surface area contributed by atoms with Gasteiger partial charge in [0.15, 0.2) is 0 Å². The molecule has 0 fully saturated rings. The summed E-state index contributed by atoms with van der Waals surface area (Å²) in [5.74, 6) is 2.75. The zero-order valence-electron chi connectivity index (χ0n) is 20.1. The number of ether oxygens (including phenoxy) is 2. The third-order valence-corrected chi connectivity index (χ3v) is 6.51. The minimum atomic E-state index is -0.119. The Morgan fingerprint density at radius 1 is 0.970 bits per heavy atom. The molecule has 0 aliphatic heterocycles. The van der Waals surface area contributed by atoms with Crippen LogP contribution in [0.1, 0.15) is 59.8 Å². The summed E-state index contributed by atoms with van der Waals surface area (Å²) < 4.78 is 11.4. The maximum atomic E-state index is 12.8. The van der Waals surface area contributed by atoms with Gasteiger partial charge in [-0.3, -0.25) is 4.79 Å². The van der Waals surface area contributed by atoms with E-state index in [2.05, 4.69) is 43.4 Å². The number of amides is 1. The van der Waals surface area contributed by atoms with Gasteiger partial charge in [0.05, 0.1) is 19.8 Å². The van der Waals surface area contributed by atoms with Crippen molar-refractivity contribution in [3.05, 3.63) is 89.0 Å². The Balaban J connectivity index is 1.56. The Morgan fingerprint density at radius 2 is 1.67 bits per heavy atom. The number of hydrogen-bond donors (Lipinski definition) is 1. The second-order valence-electron chi connectivity index (χ2n) is 8.33. The van der Waals surface area contributed by atoms with Crippen molar-refractivity contribution < 1.29 is 14.3 Å². The van der Waals surface area contributed by atoms with E-state index in [1.54, 1.807) is 18.9 Å². The highest BCUT2D eigenvalue weighted by Crippen LogP contribution is 2.32. The lowest BCUT2D eigenvalue weighted by Gasteiger charge is -2.21. The van der Waals surface area contributed by atoms with Crippen LogP contribution in [0.5, 0.6) is 11.5 Å². The molecule has 0 bridgehead atoms. The molecule has 0 aliphatic rings. The number of nitrogens with one attached hydrogen (secondary N) is 1. The van der Waals surface area contributed by atoms with Crippen molar-refractivity contribution in [3.8, 4) is 11.5 Å². The maximum absolute atomic E-state index is 12.8. The third kappa shape index (κ3) is 6.78. The van der Waals surface area contributed by atoms with E-state index < -0.39 is 0 Å². The van der Waals surface area contributed by atoms with Crippen molar-refractivity contribution in [1.82, 2.24) is 5.32 Å². The predicted molar refractivity (Wildman–Crippen MR) is 137 cm³/mol. The zero-order valence-corrected chi connectivity index (χ0v) is 20.9.